The zero-order chi connectivity index (χ0) is 14.1. The molecule has 0 amide bonds. The van der Waals surface area contributed by atoms with Crippen LogP contribution in [0.25, 0.3) is 10.9 Å². The highest BCUT2D eigenvalue weighted by Gasteiger charge is 2.08. The molecule has 1 aromatic carbocycles. The largest absolute Gasteiger partial charge is 0.336 e. The fourth-order valence-electron chi connectivity index (χ4n) is 1.98. The average Bonchev–Trinajstić information content (AvgIpc) is 2.42. The van der Waals surface area contributed by atoms with Crippen molar-refractivity contribution in [3.05, 3.63) is 59.1 Å². The van der Waals surface area contributed by atoms with E-state index in [9.17, 15) is 4.39 Å². The van der Waals surface area contributed by atoms with Crippen molar-refractivity contribution in [2.45, 2.75) is 6.92 Å². The van der Waals surface area contributed by atoms with Gasteiger partial charge in [-0.1, -0.05) is 29.8 Å². The van der Waals surface area contributed by atoms with Crippen molar-refractivity contribution in [1.82, 2.24) is 9.97 Å². The van der Waals surface area contributed by atoms with E-state index in [0.29, 0.717) is 5.69 Å². The highest BCUT2D eigenvalue weighted by Crippen LogP contribution is 2.26. The lowest BCUT2D eigenvalue weighted by Gasteiger charge is -2.09. The van der Waals surface area contributed by atoms with Crippen LogP contribution in [0.1, 0.15) is 5.69 Å². The van der Waals surface area contributed by atoms with E-state index < -0.39 is 5.82 Å². The van der Waals surface area contributed by atoms with Gasteiger partial charge in [-0.3, -0.25) is 4.98 Å². The molecule has 3 nitrogen and oxygen atoms in total. The molecule has 0 bridgehead atoms. The summed E-state index contributed by atoms with van der Waals surface area (Å²) >= 11 is 5.69. The Hall–Kier alpha value is -2.20. The van der Waals surface area contributed by atoms with Gasteiger partial charge in [0.15, 0.2) is 11.6 Å². The zero-order valence-corrected chi connectivity index (χ0v) is 11.4. The van der Waals surface area contributed by atoms with Crippen molar-refractivity contribution < 1.29 is 4.39 Å². The van der Waals surface area contributed by atoms with Gasteiger partial charge in [-0.15, -0.1) is 0 Å². The molecule has 0 aliphatic rings. The zero-order valence-electron chi connectivity index (χ0n) is 10.7. The van der Waals surface area contributed by atoms with Crippen LogP contribution in [0.2, 0.25) is 5.02 Å². The van der Waals surface area contributed by atoms with Gasteiger partial charge in [0.05, 0.1) is 16.2 Å². The van der Waals surface area contributed by atoms with Crippen molar-refractivity contribution in [3.8, 4) is 0 Å². The van der Waals surface area contributed by atoms with Gasteiger partial charge in [0.2, 0.25) is 0 Å². The minimum absolute atomic E-state index is 0.130. The summed E-state index contributed by atoms with van der Waals surface area (Å²) in [5, 5.41) is 4.21. The summed E-state index contributed by atoms with van der Waals surface area (Å²) in [6, 6.07) is 10.8. The smallest absolute Gasteiger partial charge is 0.167 e. The molecule has 0 saturated carbocycles. The number of rotatable bonds is 2. The van der Waals surface area contributed by atoms with Crippen LogP contribution in [-0.2, 0) is 0 Å². The van der Waals surface area contributed by atoms with Gasteiger partial charge in [0.1, 0.15) is 0 Å². The summed E-state index contributed by atoms with van der Waals surface area (Å²) in [7, 11) is 0. The average molecular weight is 288 g/mol. The topological polar surface area (TPSA) is 37.8 Å². The van der Waals surface area contributed by atoms with Crippen molar-refractivity contribution in [2.75, 3.05) is 5.32 Å². The Bertz CT molecular complexity index is 789. The summed E-state index contributed by atoms with van der Waals surface area (Å²) < 4.78 is 13.8. The molecule has 0 aliphatic heterocycles. The van der Waals surface area contributed by atoms with Crippen LogP contribution in [-0.4, -0.2) is 9.97 Å². The van der Waals surface area contributed by atoms with Crippen LogP contribution in [0.5, 0.6) is 0 Å². The predicted octanol–water partition coefficient (Wildman–Crippen LogP) is 4.47. The number of aryl methyl sites for hydroxylation is 1. The molecule has 1 N–H and O–H groups in total. The van der Waals surface area contributed by atoms with E-state index in [1.807, 2.05) is 37.3 Å². The number of nitrogens with zero attached hydrogens (tertiary/aromatic N) is 2. The molecule has 0 atom stereocenters. The Morgan fingerprint density at radius 1 is 1.20 bits per heavy atom. The van der Waals surface area contributed by atoms with Crippen LogP contribution < -0.4 is 5.32 Å². The first-order valence-electron chi connectivity index (χ1n) is 6.08. The predicted molar refractivity (Wildman–Crippen MR) is 79.0 cm³/mol. The third kappa shape index (κ3) is 2.42. The van der Waals surface area contributed by atoms with Crippen molar-refractivity contribution in [1.29, 1.82) is 0 Å². The number of para-hydroxylation sites is 1. The van der Waals surface area contributed by atoms with Crippen molar-refractivity contribution in [3.63, 3.8) is 0 Å². The molecule has 20 heavy (non-hydrogen) atoms. The summed E-state index contributed by atoms with van der Waals surface area (Å²) in [5.74, 6) is -0.368. The fraction of sp³-hybridized carbons (Fsp3) is 0.0667. The number of anilines is 2. The lowest BCUT2D eigenvalue weighted by atomic mass is 10.1. The number of hydrogen-bond donors (Lipinski definition) is 1. The molecule has 2 heterocycles. The molecule has 3 rings (SSSR count). The second-order valence-electron chi connectivity index (χ2n) is 4.44. The van der Waals surface area contributed by atoms with Gasteiger partial charge in [-0.25, -0.2) is 9.37 Å². The maximum Gasteiger partial charge on any atom is 0.167 e. The van der Waals surface area contributed by atoms with Gasteiger partial charge >= 0.3 is 0 Å². The molecule has 100 valence electrons. The van der Waals surface area contributed by atoms with E-state index in [2.05, 4.69) is 15.3 Å². The minimum Gasteiger partial charge on any atom is -0.336 e. The lowest BCUT2D eigenvalue weighted by Crippen LogP contribution is -1.98. The van der Waals surface area contributed by atoms with E-state index in [1.54, 1.807) is 0 Å². The molecular formula is C15H11ClFN3. The first kappa shape index (κ1) is 12.8. The number of pyridine rings is 2. The SMILES string of the molecule is Cc1ccc2cccc(Nc3ncc(Cl)cc3F)c2n1. The molecule has 0 spiro atoms. The van der Waals surface area contributed by atoms with Crippen LogP contribution in [0.15, 0.2) is 42.6 Å². The Morgan fingerprint density at radius 3 is 2.85 bits per heavy atom. The second-order valence-corrected chi connectivity index (χ2v) is 4.88. The summed E-state index contributed by atoms with van der Waals surface area (Å²) in [6.07, 6.45) is 1.40. The normalized spacial score (nSPS) is 10.8. The van der Waals surface area contributed by atoms with E-state index in [4.69, 9.17) is 11.6 Å². The number of nitrogens with one attached hydrogen (secondary N) is 1. The number of halogens is 2. The number of aromatic nitrogens is 2. The van der Waals surface area contributed by atoms with E-state index >= 15 is 0 Å². The maximum atomic E-state index is 13.8. The van der Waals surface area contributed by atoms with E-state index in [1.165, 1.54) is 12.3 Å². The molecule has 0 fully saturated rings. The van der Waals surface area contributed by atoms with Crippen molar-refractivity contribution >= 4 is 34.0 Å². The Morgan fingerprint density at radius 2 is 2.05 bits per heavy atom. The highest BCUT2D eigenvalue weighted by atomic mass is 35.5. The molecule has 5 heteroatoms. The van der Waals surface area contributed by atoms with Crippen LogP contribution in [0.4, 0.5) is 15.9 Å². The monoisotopic (exact) mass is 287 g/mol. The molecule has 0 aliphatic carbocycles. The van der Waals surface area contributed by atoms with Crippen LogP contribution in [0.3, 0.4) is 0 Å². The molecular weight excluding hydrogens is 277 g/mol. The van der Waals surface area contributed by atoms with Gasteiger partial charge in [0, 0.05) is 17.3 Å². The molecule has 0 saturated heterocycles. The van der Waals surface area contributed by atoms with Gasteiger partial charge in [0.25, 0.3) is 0 Å². The third-order valence-corrected chi connectivity index (χ3v) is 3.13. The summed E-state index contributed by atoms with van der Waals surface area (Å²) in [6.45, 7) is 1.91. The third-order valence-electron chi connectivity index (χ3n) is 2.92. The second kappa shape index (κ2) is 5.06. The fourth-order valence-corrected chi connectivity index (χ4v) is 2.12. The molecule has 2 aromatic heterocycles. The first-order valence-corrected chi connectivity index (χ1v) is 6.46. The van der Waals surface area contributed by atoms with Crippen molar-refractivity contribution in [2.24, 2.45) is 0 Å². The standard InChI is InChI=1S/C15H11ClFN3/c1-9-5-6-10-3-2-4-13(14(10)19-9)20-15-12(17)7-11(16)8-18-15/h2-8H,1H3,(H,18,20). The Balaban J connectivity index is 2.08. The Labute approximate surface area is 120 Å². The number of benzene rings is 1. The highest BCUT2D eigenvalue weighted by molar-refractivity contribution is 6.30. The molecule has 0 radical (unpaired) electrons. The van der Waals surface area contributed by atoms with Crippen LogP contribution in [0, 0.1) is 12.7 Å². The van der Waals surface area contributed by atoms with Gasteiger partial charge in [-0.05, 0) is 25.1 Å². The van der Waals surface area contributed by atoms with Gasteiger partial charge < -0.3 is 5.32 Å². The summed E-state index contributed by atoms with van der Waals surface area (Å²) in [4.78, 5) is 8.44. The lowest BCUT2D eigenvalue weighted by molar-refractivity contribution is 0.626. The number of fused-ring (bicyclic) bond motifs is 1. The van der Waals surface area contributed by atoms with Gasteiger partial charge in [-0.2, -0.15) is 0 Å². The minimum atomic E-state index is -0.498. The molecule has 3 aromatic rings. The maximum absolute atomic E-state index is 13.8. The molecule has 0 unspecified atom stereocenters. The summed E-state index contributed by atoms with van der Waals surface area (Å²) in [5.41, 5.74) is 2.39. The van der Waals surface area contributed by atoms with Crippen LogP contribution >= 0.6 is 11.6 Å². The number of hydrogen-bond acceptors (Lipinski definition) is 3. The first-order chi connectivity index (χ1) is 9.63. The quantitative estimate of drug-likeness (QED) is 0.755. The van der Waals surface area contributed by atoms with E-state index in [-0.39, 0.29) is 10.8 Å². The van der Waals surface area contributed by atoms with E-state index in [0.717, 1.165) is 16.6 Å². The Kier molecular flexibility index (Phi) is 3.24.